The lowest BCUT2D eigenvalue weighted by molar-refractivity contribution is 0.0636. The lowest BCUT2D eigenvalue weighted by Crippen LogP contribution is -2.29. The zero-order valence-corrected chi connectivity index (χ0v) is 16.1. The van der Waals surface area contributed by atoms with E-state index in [1.54, 1.807) is 18.3 Å². The van der Waals surface area contributed by atoms with Crippen molar-refractivity contribution in [1.82, 2.24) is 15.0 Å². The van der Waals surface area contributed by atoms with Gasteiger partial charge in [-0.1, -0.05) is 12.1 Å². The minimum atomic E-state index is -0.554. The molecule has 0 aromatic carbocycles. The third-order valence-corrected chi connectivity index (χ3v) is 5.07. The predicted octanol–water partition coefficient (Wildman–Crippen LogP) is 3.83. The lowest BCUT2D eigenvalue weighted by atomic mass is 10.0. The number of nitrogens with zero attached hydrogens (tertiary/aromatic N) is 3. The first-order valence-corrected chi connectivity index (χ1v) is 9.26. The molecular weight excluding hydrogens is 340 g/mol. The number of hydrogen-bond acceptors (Lipinski definition) is 7. The number of rotatable bonds is 3. The lowest BCUT2D eigenvalue weighted by Gasteiger charge is -2.25. The molecule has 2 aromatic heterocycles. The minimum Gasteiger partial charge on any atom is -0.444 e. The Morgan fingerprint density at radius 3 is 2.80 bits per heavy atom. The summed E-state index contributed by atoms with van der Waals surface area (Å²) in [5.41, 5.74) is 1.47. The van der Waals surface area contributed by atoms with Gasteiger partial charge in [0.1, 0.15) is 10.6 Å². The Hall–Kier alpha value is -1.93. The number of carbonyl (C=O) groups is 1. The molecule has 0 unspecified atom stereocenters. The highest BCUT2D eigenvalue weighted by Gasteiger charge is 2.29. The summed E-state index contributed by atoms with van der Waals surface area (Å²) in [4.78, 5) is 20.2. The van der Waals surface area contributed by atoms with E-state index in [9.17, 15) is 4.79 Å². The van der Waals surface area contributed by atoms with Crippen molar-refractivity contribution in [2.45, 2.75) is 53.2 Å². The standard InChI is InChI=1S/C17H24N4O3S/c1-6-21-8-7-11-12(9-21)25-15(19-16(22)23-17(3,4)5)13(11)14-18-10(2)20-24-14/h6-9H2,1-5H3,(H,19,22). The van der Waals surface area contributed by atoms with Crippen LogP contribution in [0, 0.1) is 6.92 Å². The first kappa shape index (κ1) is 17.9. The van der Waals surface area contributed by atoms with Crippen LogP contribution in [0.5, 0.6) is 0 Å². The highest BCUT2D eigenvalue weighted by Crippen LogP contribution is 2.43. The summed E-state index contributed by atoms with van der Waals surface area (Å²) in [5, 5.41) is 7.48. The van der Waals surface area contributed by atoms with Crippen molar-refractivity contribution in [3.05, 3.63) is 16.3 Å². The maximum atomic E-state index is 12.2. The SMILES string of the molecule is CCN1CCc2c(sc(NC(=O)OC(C)(C)C)c2-c2nc(C)no2)C1. The molecule has 0 bridgehead atoms. The van der Waals surface area contributed by atoms with Crippen molar-refractivity contribution in [2.24, 2.45) is 0 Å². The number of nitrogens with one attached hydrogen (secondary N) is 1. The number of anilines is 1. The van der Waals surface area contributed by atoms with Gasteiger partial charge in [0.25, 0.3) is 5.89 Å². The van der Waals surface area contributed by atoms with Gasteiger partial charge in [-0.25, -0.2) is 4.79 Å². The molecule has 2 aromatic rings. The van der Waals surface area contributed by atoms with E-state index in [1.165, 1.54) is 10.4 Å². The van der Waals surface area contributed by atoms with Crippen LogP contribution in [0.2, 0.25) is 0 Å². The topological polar surface area (TPSA) is 80.5 Å². The van der Waals surface area contributed by atoms with E-state index in [0.717, 1.165) is 31.6 Å². The summed E-state index contributed by atoms with van der Waals surface area (Å²) in [6.45, 7) is 12.3. The van der Waals surface area contributed by atoms with Crippen LogP contribution in [0.3, 0.4) is 0 Å². The smallest absolute Gasteiger partial charge is 0.412 e. The number of likely N-dealkylation sites (N-methyl/N-ethyl adjacent to an activating group) is 1. The fraction of sp³-hybridized carbons (Fsp3) is 0.588. The fourth-order valence-corrected chi connectivity index (χ4v) is 4.10. The molecule has 0 aliphatic carbocycles. The van der Waals surface area contributed by atoms with Gasteiger partial charge in [-0.3, -0.25) is 10.2 Å². The highest BCUT2D eigenvalue weighted by molar-refractivity contribution is 7.17. The predicted molar refractivity (Wildman–Crippen MR) is 96.9 cm³/mol. The fourth-order valence-electron chi connectivity index (χ4n) is 2.84. The van der Waals surface area contributed by atoms with Crippen LogP contribution in [-0.2, 0) is 17.7 Å². The second-order valence-corrected chi connectivity index (χ2v) is 8.21. The molecule has 1 amide bonds. The zero-order valence-electron chi connectivity index (χ0n) is 15.3. The van der Waals surface area contributed by atoms with E-state index < -0.39 is 11.7 Å². The Morgan fingerprint density at radius 2 is 2.20 bits per heavy atom. The Balaban J connectivity index is 1.96. The normalized spacial score (nSPS) is 15.1. The Labute approximate surface area is 151 Å². The van der Waals surface area contributed by atoms with E-state index in [4.69, 9.17) is 9.26 Å². The summed E-state index contributed by atoms with van der Waals surface area (Å²) in [6, 6.07) is 0. The van der Waals surface area contributed by atoms with Gasteiger partial charge in [-0.15, -0.1) is 11.3 Å². The molecule has 25 heavy (non-hydrogen) atoms. The summed E-state index contributed by atoms with van der Waals surface area (Å²) in [5.74, 6) is 1.02. The monoisotopic (exact) mass is 364 g/mol. The molecule has 1 N–H and O–H groups in total. The van der Waals surface area contributed by atoms with Crippen LogP contribution in [0.15, 0.2) is 4.52 Å². The molecule has 7 nitrogen and oxygen atoms in total. The van der Waals surface area contributed by atoms with Crippen LogP contribution in [0.25, 0.3) is 11.5 Å². The van der Waals surface area contributed by atoms with E-state index in [-0.39, 0.29) is 0 Å². The van der Waals surface area contributed by atoms with Crippen molar-refractivity contribution in [3.63, 3.8) is 0 Å². The van der Waals surface area contributed by atoms with Gasteiger partial charge in [0.05, 0.1) is 5.56 Å². The summed E-state index contributed by atoms with van der Waals surface area (Å²) < 4.78 is 10.8. The average Bonchev–Trinajstić information content (AvgIpc) is 3.07. The molecule has 1 aliphatic heterocycles. The second-order valence-electron chi connectivity index (χ2n) is 7.10. The molecule has 3 rings (SSSR count). The number of ether oxygens (including phenoxy) is 1. The van der Waals surface area contributed by atoms with Gasteiger partial charge in [0.2, 0.25) is 0 Å². The van der Waals surface area contributed by atoms with Gasteiger partial charge in [-0.2, -0.15) is 4.98 Å². The molecule has 1 aliphatic rings. The molecule has 0 atom stereocenters. The number of carbonyl (C=O) groups excluding carboxylic acids is 1. The number of thiophene rings is 1. The molecule has 0 saturated heterocycles. The van der Waals surface area contributed by atoms with Gasteiger partial charge >= 0.3 is 6.09 Å². The number of aryl methyl sites for hydroxylation is 1. The molecule has 0 saturated carbocycles. The van der Waals surface area contributed by atoms with Crippen LogP contribution in [0.4, 0.5) is 9.80 Å². The molecule has 0 fully saturated rings. The molecule has 8 heteroatoms. The number of hydrogen-bond donors (Lipinski definition) is 1. The molecule has 0 spiro atoms. The van der Waals surface area contributed by atoms with Crippen molar-refractivity contribution in [2.75, 3.05) is 18.4 Å². The first-order chi connectivity index (χ1) is 11.8. The van der Waals surface area contributed by atoms with Crippen molar-refractivity contribution < 1.29 is 14.1 Å². The van der Waals surface area contributed by atoms with Gasteiger partial charge < -0.3 is 9.26 Å². The van der Waals surface area contributed by atoms with Crippen molar-refractivity contribution >= 4 is 22.4 Å². The Kier molecular flexibility index (Phi) is 4.83. The van der Waals surface area contributed by atoms with Crippen LogP contribution >= 0.6 is 11.3 Å². The van der Waals surface area contributed by atoms with E-state index in [1.807, 2.05) is 20.8 Å². The van der Waals surface area contributed by atoms with Crippen molar-refractivity contribution in [1.29, 1.82) is 0 Å². The summed E-state index contributed by atoms with van der Waals surface area (Å²) in [6.07, 6.45) is 0.419. The van der Waals surface area contributed by atoms with Gasteiger partial charge in [0, 0.05) is 18.0 Å². The van der Waals surface area contributed by atoms with Gasteiger partial charge in [-0.05, 0) is 46.2 Å². The third kappa shape index (κ3) is 4.01. The number of fused-ring (bicyclic) bond motifs is 1. The third-order valence-electron chi connectivity index (χ3n) is 3.94. The number of aromatic nitrogens is 2. The largest absolute Gasteiger partial charge is 0.444 e. The maximum absolute atomic E-state index is 12.2. The molecular formula is C17H24N4O3S. The number of amides is 1. The van der Waals surface area contributed by atoms with E-state index in [2.05, 4.69) is 27.3 Å². The van der Waals surface area contributed by atoms with Crippen LogP contribution < -0.4 is 5.32 Å². The maximum Gasteiger partial charge on any atom is 0.412 e. The van der Waals surface area contributed by atoms with Crippen LogP contribution in [-0.4, -0.2) is 39.8 Å². The quantitative estimate of drug-likeness (QED) is 0.891. The van der Waals surface area contributed by atoms with Gasteiger partial charge in [0.15, 0.2) is 5.82 Å². The minimum absolute atomic E-state index is 0.450. The molecule has 136 valence electrons. The first-order valence-electron chi connectivity index (χ1n) is 8.44. The average molecular weight is 364 g/mol. The molecule has 0 radical (unpaired) electrons. The Bertz CT molecular complexity index is 775. The Morgan fingerprint density at radius 1 is 1.44 bits per heavy atom. The summed E-state index contributed by atoms with van der Waals surface area (Å²) in [7, 11) is 0. The zero-order chi connectivity index (χ0) is 18.2. The highest BCUT2D eigenvalue weighted by atomic mass is 32.1. The van der Waals surface area contributed by atoms with E-state index >= 15 is 0 Å². The molecule has 3 heterocycles. The van der Waals surface area contributed by atoms with Crippen LogP contribution in [0.1, 0.15) is 44.0 Å². The summed E-state index contributed by atoms with van der Waals surface area (Å²) >= 11 is 1.56. The van der Waals surface area contributed by atoms with E-state index in [0.29, 0.717) is 16.7 Å². The second kappa shape index (κ2) is 6.76. The van der Waals surface area contributed by atoms with Crippen molar-refractivity contribution in [3.8, 4) is 11.5 Å².